The normalized spacial score (nSPS) is 17.8. The third kappa shape index (κ3) is 8.63. The number of carbonyl (C=O) groups is 5. The highest BCUT2D eigenvalue weighted by Crippen LogP contribution is 2.20. The molecule has 11 heteroatoms. The molecule has 11 nitrogen and oxygen atoms in total. The summed E-state index contributed by atoms with van der Waals surface area (Å²) in [6.07, 6.45) is 1.20. The van der Waals surface area contributed by atoms with Crippen LogP contribution in [0.5, 0.6) is 0 Å². The molecule has 0 aliphatic carbocycles. The summed E-state index contributed by atoms with van der Waals surface area (Å²) in [7, 11) is 0. The fourth-order valence-corrected chi connectivity index (χ4v) is 4.26. The zero-order valence-corrected chi connectivity index (χ0v) is 20.8. The van der Waals surface area contributed by atoms with Crippen LogP contribution in [0.3, 0.4) is 0 Å². The minimum absolute atomic E-state index is 0.0368. The van der Waals surface area contributed by atoms with Gasteiger partial charge in [0.2, 0.25) is 23.6 Å². The van der Waals surface area contributed by atoms with Crippen molar-refractivity contribution >= 4 is 29.6 Å². The van der Waals surface area contributed by atoms with Crippen LogP contribution in [0.15, 0.2) is 30.3 Å². The first kappa shape index (κ1) is 28.8. The van der Waals surface area contributed by atoms with Gasteiger partial charge in [-0.05, 0) is 37.2 Å². The summed E-state index contributed by atoms with van der Waals surface area (Å²) < 4.78 is 0. The lowest BCUT2D eigenvalue weighted by atomic mass is 10.0. The highest BCUT2D eigenvalue weighted by Gasteiger charge is 2.39. The summed E-state index contributed by atoms with van der Waals surface area (Å²) in [6.45, 7) is 4.09. The third-order valence-corrected chi connectivity index (χ3v) is 6.09. The number of rotatable bonds is 13. The van der Waals surface area contributed by atoms with E-state index in [9.17, 15) is 29.1 Å². The van der Waals surface area contributed by atoms with E-state index in [0.717, 1.165) is 5.56 Å². The molecule has 198 valence electrons. The van der Waals surface area contributed by atoms with Gasteiger partial charge in [-0.25, -0.2) is 4.79 Å². The van der Waals surface area contributed by atoms with Gasteiger partial charge < -0.3 is 32.1 Å². The number of hydrogen-bond acceptors (Lipinski definition) is 6. The first-order valence-electron chi connectivity index (χ1n) is 12.2. The van der Waals surface area contributed by atoms with Gasteiger partial charge in [-0.15, -0.1) is 0 Å². The molecule has 0 aromatic heterocycles. The average Bonchev–Trinajstić information content (AvgIpc) is 3.31. The SMILES string of the molecule is CC(C)CC(N)C(=O)NC(CCC(N)=O)C(=O)N1CCCC1C(=O)NC(Cc1ccccc1)C(=O)O. The Labute approximate surface area is 211 Å². The maximum Gasteiger partial charge on any atom is 0.326 e. The molecule has 0 bridgehead atoms. The summed E-state index contributed by atoms with van der Waals surface area (Å²) in [5.41, 5.74) is 11.9. The lowest BCUT2D eigenvalue weighted by Gasteiger charge is -2.30. The lowest BCUT2D eigenvalue weighted by Crippen LogP contribution is -2.57. The summed E-state index contributed by atoms with van der Waals surface area (Å²) in [4.78, 5) is 63.5. The molecule has 2 rings (SSSR count). The van der Waals surface area contributed by atoms with E-state index in [-0.39, 0.29) is 31.7 Å². The molecule has 36 heavy (non-hydrogen) atoms. The Morgan fingerprint density at radius 3 is 2.33 bits per heavy atom. The van der Waals surface area contributed by atoms with Crippen LogP contribution in [0.2, 0.25) is 0 Å². The minimum atomic E-state index is -1.19. The van der Waals surface area contributed by atoms with Crippen LogP contribution in [0.4, 0.5) is 0 Å². The molecule has 1 saturated heterocycles. The van der Waals surface area contributed by atoms with Gasteiger partial charge in [0.1, 0.15) is 18.1 Å². The number of likely N-dealkylation sites (tertiary alicyclic amines) is 1. The van der Waals surface area contributed by atoms with Crippen molar-refractivity contribution in [2.24, 2.45) is 17.4 Å². The number of carboxylic acid groups (broad SMARTS) is 1. The highest BCUT2D eigenvalue weighted by molar-refractivity contribution is 5.94. The van der Waals surface area contributed by atoms with Gasteiger partial charge in [0, 0.05) is 19.4 Å². The van der Waals surface area contributed by atoms with Crippen molar-refractivity contribution in [1.82, 2.24) is 15.5 Å². The number of carboxylic acids is 1. The second-order valence-corrected chi connectivity index (χ2v) is 9.58. The fraction of sp³-hybridized carbons (Fsp3) is 0.560. The maximum absolute atomic E-state index is 13.4. The van der Waals surface area contributed by atoms with Gasteiger partial charge in [0.15, 0.2) is 0 Å². The molecular formula is C25H37N5O6. The number of hydrogen-bond donors (Lipinski definition) is 5. The van der Waals surface area contributed by atoms with Crippen LogP contribution in [0, 0.1) is 5.92 Å². The smallest absolute Gasteiger partial charge is 0.326 e. The molecule has 0 saturated carbocycles. The van der Waals surface area contributed by atoms with Gasteiger partial charge in [-0.2, -0.15) is 0 Å². The molecule has 1 aromatic carbocycles. The summed E-state index contributed by atoms with van der Waals surface area (Å²) >= 11 is 0. The first-order valence-corrected chi connectivity index (χ1v) is 12.2. The van der Waals surface area contributed by atoms with Gasteiger partial charge in [0.25, 0.3) is 0 Å². The summed E-state index contributed by atoms with van der Waals surface area (Å²) in [5.74, 6) is -3.30. The van der Waals surface area contributed by atoms with Crippen LogP contribution in [0.25, 0.3) is 0 Å². The van der Waals surface area contributed by atoms with Crippen molar-refractivity contribution < 1.29 is 29.1 Å². The molecule has 4 atom stereocenters. The van der Waals surface area contributed by atoms with E-state index < -0.39 is 53.8 Å². The predicted octanol–water partition coefficient (Wildman–Crippen LogP) is -0.0868. The van der Waals surface area contributed by atoms with Gasteiger partial charge in [-0.3, -0.25) is 19.2 Å². The zero-order chi connectivity index (χ0) is 26.8. The molecule has 1 aromatic rings. The van der Waals surface area contributed by atoms with Crippen molar-refractivity contribution in [1.29, 1.82) is 0 Å². The summed E-state index contributed by atoms with van der Waals surface area (Å²) in [6, 6.07) is 4.92. The van der Waals surface area contributed by atoms with Crippen molar-refractivity contribution in [3.05, 3.63) is 35.9 Å². The second kappa shape index (κ2) is 13.6. The number of carbonyl (C=O) groups excluding carboxylic acids is 4. The van der Waals surface area contributed by atoms with Crippen LogP contribution in [-0.2, 0) is 30.4 Å². The third-order valence-electron chi connectivity index (χ3n) is 6.09. The standard InChI is InChI=1S/C25H37N5O6/c1-15(2)13-17(26)22(32)28-18(10-11-21(27)31)24(34)30-12-6-9-20(30)23(33)29-19(25(35)36)14-16-7-4-3-5-8-16/h3-5,7-8,15,17-20H,6,9-14,26H2,1-2H3,(H2,27,31)(H,28,32)(H,29,33)(H,35,36). The van der Waals surface area contributed by atoms with Crippen LogP contribution < -0.4 is 22.1 Å². The van der Waals surface area contributed by atoms with E-state index in [2.05, 4.69) is 10.6 Å². The quantitative estimate of drug-likeness (QED) is 0.249. The van der Waals surface area contributed by atoms with Crippen molar-refractivity contribution in [3.63, 3.8) is 0 Å². The van der Waals surface area contributed by atoms with Crippen LogP contribution in [-0.4, -0.2) is 70.3 Å². The monoisotopic (exact) mass is 503 g/mol. The van der Waals surface area contributed by atoms with Crippen molar-refractivity contribution in [2.75, 3.05) is 6.54 Å². The number of nitrogens with zero attached hydrogens (tertiary/aromatic N) is 1. The molecule has 1 heterocycles. The molecular weight excluding hydrogens is 466 g/mol. The Morgan fingerprint density at radius 1 is 1.08 bits per heavy atom. The number of benzene rings is 1. The van der Waals surface area contributed by atoms with Crippen molar-refractivity contribution in [2.45, 2.75) is 76.5 Å². The fourth-order valence-electron chi connectivity index (χ4n) is 4.26. The largest absolute Gasteiger partial charge is 0.480 e. The Hall–Kier alpha value is -3.47. The zero-order valence-electron chi connectivity index (χ0n) is 20.8. The van der Waals surface area contributed by atoms with E-state index in [4.69, 9.17) is 11.5 Å². The van der Waals surface area contributed by atoms with Gasteiger partial charge in [-0.1, -0.05) is 44.2 Å². The Balaban J connectivity index is 2.13. The van der Waals surface area contributed by atoms with E-state index in [1.165, 1.54) is 4.90 Å². The number of amides is 4. The van der Waals surface area contributed by atoms with E-state index in [1.54, 1.807) is 24.3 Å². The lowest BCUT2D eigenvalue weighted by molar-refractivity contribution is -0.145. The predicted molar refractivity (Wildman–Crippen MR) is 132 cm³/mol. The van der Waals surface area contributed by atoms with Crippen molar-refractivity contribution in [3.8, 4) is 0 Å². The average molecular weight is 504 g/mol. The van der Waals surface area contributed by atoms with Gasteiger partial charge in [0.05, 0.1) is 6.04 Å². The molecule has 0 radical (unpaired) electrons. The molecule has 1 aliphatic heterocycles. The van der Waals surface area contributed by atoms with Gasteiger partial charge >= 0.3 is 5.97 Å². The molecule has 7 N–H and O–H groups in total. The topological polar surface area (TPSA) is 185 Å². The van der Waals surface area contributed by atoms with Crippen LogP contribution in [0.1, 0.15) is 51.5 Å². The number of nitrogens with two attached hydrogens (primary N) is 2. The molecule has 0 spiro atoms. The Morgan fingerprint density at radius 2 is 1.75 bits per heavy atom. The Bertz CT molecular complexity index is 938. The van der Waals surface area contributed by atoms with Crippen LogP contribution >= 0.6 is 0 Å². The molecule has 4 amide bonds. The molecule has 1 fully saturated rings. The highest BCUT2D eigenvalue weighted by atomic mass is 16.4. The first-order chi connectivity index (χ1) is 17.0. The second-order valence-electron chi connectivity index (χ2n) is 9.58. The summed E-state index contributed by atoms with van der Waals surface area (Å²) in [5, 5.41) is 14.8. The maximum atomic E-state index is 13.4. The van der Waals surface area contributed by atoms with E-state index in [1.807, 2.05) is 19.9 Å². The number of nitrogens with one attached hydrogen (secondary N) is 2. The molecule has 4 unspecified atom stereocenters. The number of aliphatic carboxylic acids is 1. The number of primary amides is 1. The van der Waals surface area contributed by atoms with E-state index >= 15 is 0 Å². The minimum Gasteiger partial charge on any atom is -0.480 e. The molecule has 1 aliphatic rings. The van der Waals surface area contributed by atoms with E-state index in [0.29, 0.717) is 19.3 Å². The Kier molecular flexibility index (Phi) is 10.8.